The Morgan fingerprint density at radius 3 is 2.83 bits per heavy atom. The van der Waals surface area contributed by atoms with Gasteiger partial charge in [0.25, 0.3) is 0 Å². The van der Waals surface area contributed by atoms with Crippen molar-refractivity contribution in [2.45, 2.75) is 30.7 Å². The first kappa shape index (κ1) is 12.6. The summed E-state index contributed by atoms with van der Waals surface area (Å²) in [6.07, 6.45) is -4.98. The Balaban J connectivity index is 1.68. The first-order valence-corrected chi connectivity index (χ1v) is 6.20. The number of fused-ring (bicyclic) bond motifs is 3. The normalized spacial score (nSPS) is 42.2. The number of hydrogen-bond donors (Lipinski definition) is 3. The van der Waals surface area contributed by atoms with Crippen molar-refractivity contribution in [3.8, 4) is 0 Å². The van der Waals surface area contributed by atoms with Crippen LogP contribution in [0.1, 0.15) is 0 Å². The van der Waals surface area contributed by atoms with Crippen molar-refractivity contribution in [3.63, 3.8) is 0 Å². The van der Waals surface area contributed by atoms with E-state index in [0.717, 1.165) is 19.6 Å². The van der Waals surface area contributed by atoms with Gasteiger partial charge in [0.1, 0.15) is 18.4 Å². The van der Waals surface area contributed by atoms with E-state index < -0.39 is 18.4 Å². The first-order chi connectivity index (χ1) is 8.55. The summed E-state index contributed by atoms with van der Waals surface area (Å²) < 4.78 is 43.5. The molecule has 3 aliphatic heterocycles. The Morgan fingerprint density at radius 2 is 2.06 bits per heavy atom. The molecular formula is C10H17F3N4O. The average molecular weight is 266 g/mol. The number of nitrogens with one attached hydrogen (secondary N) is 3. The zero-order valence-electron chi connectivity index (χ0n) is 9.83. The van der Waals surface area contributed by atoms with Crippen molar-refractivity contribution in [2.75, 3.05) is 32.8 Å². The molecule has 0 amide bonds. The molecule has 3 heterocycles. The maximum atomic E-state index is 12.7. The fraction of sp³-hybridized carbons (Fsp3) is 1.00. The summed E-state index contributed by atoms with van der Waals surface area (Å²) in [5.74, 6) is 0. The average Bonchev–Trinajstić information content (AvgIpc) is 2.37. The third-order valence-corrected chi connectivity index (χ3v) is 3.80. The SMILES string of the molecule is FC(F)(F)C1CNC2C(N1)OCC1CNCCN12. The first-order valence-electron chi connectivity index (χ1n) is 6.20. The van der Waals surface area contributed by atoms with E-state index in [2.05, 4.69) is 20.9 Å². The van der Waals surface area contributed by atoms with Gasteiger partial charge in [-0.1, -0.05) is 0 Å². The third kappa shape index (κ3) is 2.23. The molecule has 4 unspecified atom stereocenters. The van der Waals surface area contributed by atoms with Gasteiger partial charge in [-0.05, 0) is 0 Å². The summed E-state index contributed by atoms with van der Waals surface area (Å²) in [6, 6.07) is -1.28. The van der Waals surface area contributed by atoms with E-state index in [9.17, 15) is 13.2 Å². The van der Waals surface area contributed by atoms with Gasteiger partial charge in [-0.3, -0.25) is 15.5 Å². The van der Waals surface area contributed by atoms with E-state index in [1.54, 1.807) is 0 Å². The molecule has 18 heavy (non-hydrogen) atoms. The number of piperazine rings is 2. The van der Waals surface area contributed by atoms with Crippen LogP contribution in [0, 0.1) is 0 Å². The lowest BCUT2D eigenvalue weighted by molar-refractivity contribution is -0.203. The molecule has 5 nitrogen and oxygen atoms in total. The van der Waals surface area contributed by atoms with Crippen LogP contribution < -0.4 is 16.0 Å². The van der Waals surface area contributed by atoms with Gasteiger partial charge in [-0.2, -0.15) is 13.2 Å². The smallest absolute Gasteiger partial charge is 0.359 e. The summed E-state index contributed by atoms with van der Waals surface area (Å²) in [5.41, 5.74) is 0. The monoisotopic (exact) mass is 266 g/mol. The van der Waals surface area contributed by atoms with Gasteiger partial charge in [0.05, 0.1) is 6.61 Å². The third-order valence-electron chi connectivity index (χ3n) is 3.80. The highest BCUT2D eigenvalue weighted by Gasteiger charge is 2.49. The molecule has 3 rings (SSSR count). The van der Waals surface area contributed by atoms with Crippen LogP contribution in [0.25, 0.3) is 0 Å². The van der Waals surface area contributed by atoms with Gasteiger partial charge in [0.15, 0.2) is 0 Å². The van der Waals surface area contributed by atoms with Crippen molar-refractivity contribution < 1.29 is 17.9 Å². The molecule has 0 spiro atoms. The molecule has 0 aliphatic carbocycles. The number of halogens is 3. The molecule has 3 saturated heterocycles. The molecule has 8 heteroatoms. The largest absolute Gasteiger partial charge is 0.405 e. The van der Waals surface area contributed by atoms with Crippen LogP contribution in [0.15, 0.2) is 0 Å². The highest BCUT2D eigenvalue weighted by molar-refractivity contribution is 4.97. The Labute approximate surface area is 103 Å². The van der Waals surface area contributed by atoms with Crippen molar-refractivity contribution in [3.05, 3.63) is 0 Å². The minimum Gasteiger partial charge on any atom is -0.359 e. The second-order valence-electron chi connectivity index (χ2n) is 4.96. The van der Waals surface area contributed by atoms with E-state index in [1.807, 2.05) is 0 Å². The zero-order valence-corrected chi connectivity index (χ0v) is 9.83. The number of morpholine rings is 1. The van der Waals surface area contributed by atoms with Crippen LogP contribution in [-0.4, -0.2) is 68.3 Å². The van der Waals surface area contributed by atoms with Crippen molar-refractivity contribution in [2.24, 2.45) is 0 Å². The quantitative estimate of drug-likeness (QED) is 0.529. The van der Waals surface area contributed by atoms with Gasteiger partial charge >= 0.3 is 6.18 Å². The van der Waals surface area contributed by atoms with Gasteiger partial charge in [0, 0.05) is 32.2 Å². The second-order valence-corrected chi connectivity index (χ2v) is 4.96. The second kappa shape index (κ2) is 4.61. The van der Waals surface area contributed by atoms with Gasteiger partial charge in [-0.15, -0.1) is 0 Å². The van der Waals surface area contributed by atoms with E-state index in [0.29, 0.717) is 6.61 Å². The molecule has 104 valence electrons. The van der Waals surface area contributed by atoms with Crippen LogP contribution in [-0.2, 0) is 4.74 Å². The number of rotatable bonds is 0. The van der Waals surface area contributed by atoms with Crippen molar-refractivity contribution >= 4 is 0 Å². The Bertz CT molecular complexity index is 314. The predicted octanol–water partition coefficient (Wildman–Crippen LogP) is -0.934. The lowest BCUT2D eigenvalue weighted by Gasteiger charge is -2.52. The Morgan fingerprint density at radius 1 is 1.22 bits per heavy atom. The molecule has 0 aromatic heterocycles. The van der Waals surface area contributed by atoms with Crippen LogP contribution in [0.3, 0.4) is 0 Å². The Hall–Kier alpha value is -0.410. The van der Waals surface area contributed by atoms with E-state index in [-0.39, 0.29) is 18.8 Å². The van der Waals surface area contributed by atoms with E-state index in [4.69, 9.17) is 4.74 Å². The van der Waals surface area contributed by atoms with Crippen molar-refractivity contribution in [1.82, 2.24) is 20.9 Å². The molecule has 0 bridgehead atoms. The topological polar surface area (TPSA) is 48.6 Å². The van der Waals surface area contributed by atoms with E-state index in [1.165, 1.54) is 0 Å². The minimum absolute atomic E-state index is 0.106. The molecule has 0 saturated carbocycles. The number of nitrogens with zero attached hydrogens (tertiary/aromatic N) is 1. The number of alkyl halides is 3. The molecular weight excluding hydrogens is 249 g/mol. The van der Waals surface area contributed by atoms with Crippen LogP contribution >= 0.6 is 0 Å². The number of ether oxygens (including phenoxy) is 1. The van der Waals surface area contributed by atoms with E-state index >= 15 is 0 Å². The highest BCUT2D eigenvalue weighted by Crippen LogP contribution is 2.26. The predicted molar refractivity (Wildman–Crippen MR) is 57.9 cm³/mol. The lowest BCUT2D eigenvalue weighted by atomic mass is 10.1. The van der Waals surface area contributed by atoms with Gasteiger partial charge < -0.3 is 10.1 Å². The fourth-order valence-electron chi connectivity index (χ4n) is 2.85. The summed E-state index contributed by atoms with van der Waals surface area (Å²) in [7, 11) is 0. The Kier molecular flexibility index (Phi) is 3.23. The maximum absolute atomic E-state index is 12.7. The summed E-state index contributed by atoms with van der Waals surface area (Å²) in [4.78, 5) is 2.20. The molecule has 4 atom stereocenters. The highest BCUT2D eigenvalue weighted by atomic mass is 19.4. The van der Waals surface area contributed by atoms with Gasteiger partial charge in [-0.25, -0.2) is 0 Å². The molecule has 3 fully saturated rings. The maximum Gasteiger partial charge on any atom is 0.405 e. The molecule has 0 aromatic rings. The molecule has 0 aromatic carbocycles. The van der Waals surface area contributed by atoms with Gasteiger partial charge in [0.2, 0.25) is 0 Å². The van der Waals surface area contributed by atoms with Crippen LogP contribution in [0.2, 0.25) is 0 Å². The standard InChI is InChI=1S/C10H17F3N4O/c11-10(12,13)7-4-15-8-9(16-7)18-5-6-3-14-1-2-17(6)8/h6-9,14-16H,1-5H2. The lowest BCUT2D eigenvalue weighted by Crippen LogP contribution is -2.76. The summed E-state index contributed by atoms with van der Waals surface area (Å²) in [6.45, 7) is 2.89. The fourth-order valence-corrected chi connectivity index (χ4v) is 2.85. The van der Waals surface area contributed by atoms with Crippen molar-refractivity contribution in [1.29, 1.82) is 0 Å². The molecule has 3 N–H and O–H groups in total. The minimum atomic E-state index is -4.23. The summed E-state index contributed by atoms with van der Waals surface area (Å²) in [5, 5.41) is 8.79. The number of hydrogen-bond acceptors (Lipinski definition) is 5. The van der Waals surface area contributed by atoms with Crippen LogP contribution in [0.4, 0.5) is 13.2 Å². The molecule has 0 radical (unpaired) electrons. The molecule has 3 aliphatic rings. The summed E-state index contributed by atoms with van der Waals surface area (Å²) >= 11 is 0. The van der Waals surface area contributed by atoms with Crippen LogP contribution in [0.5, 0.6) is 0 Å². The zero-order chi connectivity index (χ0) is 12.8.